The van der Waals surface area contributed by atoms with Gasteiger partial charge in [0.25, 0.3) is 0 Å². The molecule has 38 heavy (non-hydrogen) atoms. The first kappa shape index (κ1) is 25.9. The van der Waals surface area contributed by atoms with E-state index in [-0.39, 0.29) is 31.0 Å². The lowest BCUT2D eigenvalue weighted by Crippen LogP contribution is -2.53. The molecule has 0 bridgehead atoms. The number of aryl methyl sites for hydroxylation is 1. The van der Waals surface area contributed by atoms with Crippen LogP contribution in [0.4, 0.5) is 0 Å². The average molecular weight is 530 g/mol. The van der Waals surface area contributed by atoms with Gasteiger partial charge in [-0.1, -0.05) is 60.7 Å². The van der Waals surface area contributed by atoms with Crippen molar-refractivity contribution in [2.45, 2.75) is 35.3 Å². The third-order valence-electron chi connectivity index (χ3n) is 7.29. The van der Waals surface area contributed by atoms with Crippen molar-refractivity contribution < 1.29 is 22.7 Å². The predicted octanol–water partition coefficient (Wildman–Crippen LogP) is 5.33. The van der Waals surface area contributed by atoms with Crippen molar-refractivity contribution in [3.8, 4) is 16.9 Å². The molecule has 0 unspecified atom stereocenters. The molecule has 0 aliphatic carbocycles. The molecule has 0 spiro atoms. The summed E-state index contributed by atoms with van der Waals surface area (Å²) in [6, 6.07) is 29.6. The molecule has 2 N–H and O–H groups in total. The average Bonchev–Trinajstić information content (AvgIpc) is 2.95. The Balaban J connectivity index is 1.19. The van der Waals surface area contributed by atoms with Crippen LogP contribution in [-0.2, 0) is 25.8 Å². The molecule has 1 heterocycles. The van der Waals surface area contributed by atoms with Gasteiger partial charge in [0, 0.05) is 13.2 Å². The summed E-state index contributed by atoms with van der Waals surface area (Å²) in [5, 5.41) is 2.45. The zero-order chi connectivity index (χ0) is 26.6. The number of rotatable bonds is 9. The van der Waals surface area contributed by atoms with Gasteiger partial charge in [0.15, 0.2) is 14.6 Å². The Labute approximate surface area is 223 Å². The number of fused-ring (bicyclic) bond motifs is 1. The summed E-state index contributed by atoms with van der Waals surface area (Å²) in [6.07, 6.45) is 1.79. The van der Waals surface area contributed by atoms with Gasteiger partial charge in [-0.05, 0) is 83.5 Å². The summed E-state index contributed by atoms with van der Waals surface area (Å²) in [5.74, 6) is -0.250. The number of sulfone groups is 1. The second-order valence-corrected chi connectivity index (χ2v) is 11.9. The van der Waals surface area contributed by atoms with Gasteiger partial charge in [-0.3, -0.25) is 4.79 Å². The lowest BCUT2D eigenvalue weighted by molar-refractivity contribution is -0.122. The van der Waals surface area contributed by atoms with Gasteiger partial charge >= 0.3 is 0 Å². The van der Waals surface area contributed by atoms with Crippen molar-refractivity contribution in [3.63, 3.8) is 0 Å². The molecule has 6 nitrogen and oxygen atoms in total. The molecule has 7 heteroatoms. The van der Waals surface area contributed by atoms with Crippen LogP contribution in [0.15, 0.2) is 95.9 Å². The van der Waals surface area contributed by atoms with Crippen LogP contribution in [0.5, 0.6) is 5.75 Å². The first-order valence-corrected chi connectivity index (χ1v) is 14.3. The molecule has 4 aromatic rings. The Kier molecular flexibility index (Phi) is 7.49. The fourth-order valence-corrected chi connectivity index (χ4v) is 6.95. The number of nitrogens with two attached hydrogens (primary N) is 1. The molecule has 1 saturated heterocycles. The smallest absolute Gasteiger partial charge is 0.239 e. The molecule has 5 rings (SSSR count). The molecule has 0 atom stereocenters. The van der Waals surface area contributed by atoms with E-state index >= 15 is 0 Å². The van der Waals surface area contributed by atoms with Crippen molar-refractivity contribution in [1.82, 2.24) is 0 Å². The van der Waals surface area contributed by atoms with Crippen molar-refractivity contribution in [2.75, 3.05) is 19.8 Å². The highest BCUT2D eigenvalue weighted by atomic mass is 32.2. The van der Waals surface area contributed by atoms with Crippen molar-refractivity contribution in [3.05, 3.63) is 96.6 Å². The Hall–Kier alpha value is -3.68. The van der Waals surface area contributed by atoms with Gasteiger partial charge < -0.3 is 15.2 Å². The quantitative estimate of drug-likeness (QED) is 0.296. The van der Waals surface area contributed by atoms with Crippen LogP contribution in [0.2, 0.25) is 0 Å². The molecule has 1 aliphatic rings. The molecule has 1 amide bonds. The third-order valence-corrected chi connectivity index (χ3v) is 9.82. The molecule has 0 aromatic heterocycles. The van der Waals surface area contributed by atoms with E-state index in [1.165, 1.54) is 39.6 Å². The minimum absolute atomic E-state index is 0.0605. The summed E-state index contributed by atoms with van der Waals surface area (Å²) in [6.45, 7) is 0.873. The third kappa shape index (κ3) is 5.17. The van der Waals surface area contributed by atoms with E-state index in [1.807, 2.05) is 6.07 Å². The number of carbonyl (C=O) groups excluding carboxylic acids is 1. The molecule has 0 radical (unpaired) electrons. The van der Waals surface area contributed by atoms with Crippen molar-refractivity contribution in [1.29, 1.82) is 0 Å². The van der Waals surface area contributed by atoms with Gasteiger partial charge in [0.1, 0.15) is 5.75 Å². The first-order valence-electron chi connectivity index (χ1n) is 12.8. The fourth-order valence-electron chi connectivity index (χ4n) is 5.03. The minimum atomic E-state index is -3.95. The van der Waals surface area contributed by atoms with E-state index in [1.54, 1.807) is 12.1 Å². The van der Waals surface area contributed by atoms with Gasteiger partial charge in [0.05, 0.1) is 11.5 Å². The summed E-state index contributed by atoms with van der Waals surface area (Å²) < 4.78 is 36.1. The van der Waals surface area contributed by atoms with E-state index in [2.05, 4.69) is 60.7 Å². The predicted molar refractivity (Wildman–Crippen MR) is 149 cm³/mol. The zero-order valence-electron chi connectivity index (χ0n) is 21.1. The van der Waals surface area contributed by atoms with Gasteiger partial charge in [-0.2, -0.15) is 0 Å². The van der Waals surface area contributed by atoms with Crippen molar-refractivity contribution in [2.24, 2.45) is 5.73 Å². The largest absolute Gasteiger partial charge is 0.494 e. The van der Waals surface area contributed by atoms with Gasteiger partial charge in [-0.25, -0.2) is 8.42 Å². The van der Waals surface area contributed by atoms with E-state index < -0.39 is 20.5 Å². The van der Waals surface area contributed by atoms with Crippen LogP contribution >= 0.6 is 0 Å². The monoisotopic (exact) mass is 529 g/mol. The Morgan fingerprint density at radius 2 is 1.55 bits per heavy atom. The number of carbonyl (C=O) groups is 1. The maximum Gasteiger partial charge on any atom is 0.239 e. The molecule has 4 aromatic carbocycles. The van der Waals surface area contributed by atoms with Gasteiger partial charge in [0.2, 0.25) is 5.91 Å². The topological polar surface area (TPSA) is 95.7 Å². The second kappa shape index (κ2) is 11.0. The Morgan fingerprint density at radius 1 is 0.842 bits per heavy atom. The van der Waals surface area contributed by atoms with E-state index in [0.717, 1.165) is 12.8 Å². The SMILES string of the molecule is NC(=O)C1(S(=O)(=O)c2ccc(OCCCc3cccc(-c4ccc5ccccc5c4)c3)cc2)CCOCC1. The molecule has 0 saturated carbocycles. The standard InChI is InChI=1S/C31H31NO5S/c32-30(33)31(16-19-36-20-17-31)38(34,35)29-14-12-28(13-15-29)37-18-4-6-23-5-3-9-25(21-23)27-11-10-24-7-1-2-8-26(24)22-27/h1-3,5,7-15,21-22H,4,6,16-20H2,(H2,32,33). The summed E-state index contributed by atoms with van der Waals surface area (Å²) in [5.41, 5.74) is 9.16. The van der Waals surface area contributed by atoms with E-state index in [4.69, 9.17) is 15.2 Å². The number of ether oxygens (including phenoxy) is 2. The van der Waals surface area contributed by atoms with E-state index in [9.17, 15) is 13.2 Å². The normalized spacial score (nSPS) is 15.3. The molecule has 1 fully saturated rings. The highest BCUT2D eigenvalue weighted by molar-refractivity contribution is 7.93. The summed E-state index contributed by atoms with van der Waals surface area (Å²) >= 11 is 0. The molecule has 196 valence electrons. The fraction of sp³-hybridized carbons (Fsp3) is 0.258. The van der Waals surface area contributed by atoms with Crippen LogP contribution in [-0.4, -0.2) is 38.9 Å². The van der Waals surface area contributed by atoms with Crippen molar-refractivity contribution >= 4 is 26.5 Å². The first-order chi connectivity index (χ1) is 18.4. The number of amides is 1. The lowest BCUT2D eigenvalue weighted by atomic mass is 9.98. The maximum absolute atomic E-state index is 13.3. The summed E-state index contributed by atoms with van der Waals surface area (Å²) in [4.78, 5) is 12.2. The maximum atomic E-state index is 13.3. The van der Waals surface area contributed by atoms with Gasteiger partial charge in [-0.15, -0.1) is 0 Å². The second-order valence-electron chi connectivity index (χ2n) is 9.66. The summed E-state index contributed by atoms with van der Waals surface area (Å²) in [7, 11) is -3.95. The van der Waals surface area contributed by atoms with E-state index in [0.29, 0.717) is 12.4 Å². The van der Waals surface area contributed by atoms with Crippen LogP contribution in [0.25, 0.3) is 21.9 Å². The molecule has 1 aliphatic heterocycles. The Morgan fingerprint density at radius 3 is 2.29 bits per heavy atom. The number of primary amides is 1. The number of hydrogen-bond acceptors (Lipinski definition) is 5. The Bertz CT molecular complexity index is 1540. The lowest BCUT2D eigenvalue weighted by Gasteiger charge is -2.33. The van der Waals surface area contributed by atoms with Crippen LogP contribution in [0.3, 0.4) is 0 Å². The molecular weight excluding hydrogens is 498 g/mol. The minimum Gasteiger partial charge on any atom is -0.494 e. The highest BCUT2D eigenvalue weighted by Gasteiger charge is 2.51. The zero-order valence-corrected chi connectivity index (χ0v) is 22.0. The van der Waals surface area contributed by atoms with Crippen LogP contribution in [0, 0.1) is 0 Å². The van der Waals surface area contributed by atoms with Crippen LogP contribution in [0.1, 0.15) is 24.8 Å². The molecular formula is C31H31NO5S. The number of hydrogen-bond donors (Lipinski definition) is 1. The number of benzene rings is 4. The van der Waals surface area contributed by atoms with Crippen LogP contribution < -0.4 is 10.5 Å². The highest BCUT2D eigenvalue weighted by Crippen LogP contribution is 2.35.